The fourth-order valence-corrected chi connectivity index (χ4v) is 6.62. The van der Waals surface area contributed by atoms with E-state index in [9.17, 15) is 16.8 Å². The molecule has 32 heavy (non-hydrogen) atoms. The molecule has 4 N–H and O–H groups in total. The van der Waals surface area contributed by atoms with Crippen LogP contribution in [0.4, 0.5) is 0 Å². The predicted octanol–water partition coefficient (Wildman–Crippen LogP) is 4.87. The summed E-state index contributed by atoms with van der Waals surface area (Å²) >= 11 is 0. The fourth-order valence-electron chi connectivity index (χ4n) is 4.60. The summed E-state index contributed by atoms with van der Waals surface area (Å²) in [4.78, 5) is 0. The van der Waals surface area contributed by atoms with E-state index in [1.165, 1.54) is 0 Å². The quantitative estimate of drug-likeness (QED) is 0.219. The standard InChI is InChI=1S/C23H49N2O5S2/c1-5-22(6-2,16-11-14-20-31(24,26)27)15-9-12-18-30-19-13-10-17-23(7-3,8-4)21-32(25,28)29/h18H,5-17,19-21H2,1-4H3,(H2,24,26,27)(H2,25,28,29). The van der Waals surface area contributed by atoms with Crippen LogP contribution in [0.3, 0.4) is 0 Å². The molecule has 0 atom stereocenters. The van der Waals surface area contributed by atoms with Crippen LogP contribution in [0.15, 0.2) is 0 Å². The van der Waals surface area contributed by atoms with Gasteiger partial charge in [-0.3, -0.25) is 0 Å². The van der Waals surface area contributed by atoms with Crippen LogP contribution in [0.25, 0.3) is 0 Å². The maximum absolute atomic E-state index is 11.5. The molecule has 1 radical (unpaired) electrons. The van der Waals surface area contributed by atoms with Gasteiger partial charge in [0.15, 0.2) is 0 Å². The van der Waals surface area contributed by atoms with Gasteiger partial charge in [-0.1, -0.05) is 59.8 Å². The van der Waals surface area contributed by atoms with Crippen molar-refractivity contribution in [3.8, 4) is 0 Å². The van der Waals surface area contributed by atoms with E-state index in [0.29, 0.717) is 13.0 Å². The van der Waals surface area contributed by atoms with Crippen molar-refractivity contribution in [2.45, 2.75) is 111 Å². The fraction of sp³-hybridized carbons (Fsp3) is 0.957. The number of ether oxygens (including phenoxy) is 1. The van der Waals surface area contributed by atoms with Crippen molar-refractivity contribution in [1.82, 2.24) is 0 Å². The van der Waals surface area contributed by atoms with Crippen molar-refractivity contribution >= 4 is 20.0 Å². The molecule has 0 unspecified atom stereocenters. The highest BCUT2D eigenvalue weighted by Crippen LogP contribution is 2.38. The molecule has 0 heterocycles. The first kappa shape index (κ1) is 31.8. The molecule has 193 valence electrons. The summed E-state index contributed by atoms with van der Waals surface area (Å²) in [5.41, 5.74) is 0.0361. The molecule has 0 aromatic heterocycles. The van der Waals surface area contributed by atoms with E-state index in [0.717, 1.165) is 77.0 Å². The topological polar surface area (TPSA) is 130 Å². The van der Waals surface area contributed by atoms with Gasteiger partial charge in [0.05, 0.1) is 18.1 Å². The Balaban J connectivity index is 4.11. The summed E-state index contributed by atoms with van der Waals surface area (Å²) in [6.07, 6.45) is 12.1. The molecule has 0 aromatic rings. The van der Waals surface area contributed by atoms with Crippen molar-refractivity contribution in [3.05, 3.63) is 6.61 Å². The van der Waals surface area contributed by atoms with Crippen LogP contribution in [0.5, 0.6) is 0 Å². The Morgan fingerprint density at radius 1 is 0.688 bits per heavy atom. The first-order valence-corrected chi connectivity index (χ1v) is 15.7. The summed E-state index contributed by atoms with van der Waals surface area (Å²) in [5, 5.41) is 10.4. The van der Waals surface area contributed by atoms with Crippen LogP contribution in [-0.2, 0) is 24.8 Å². The lowest BCUT2D eigenvalue weighted by molar-refractivity contribution is 0.164. The highest BCUT2D eigenvalue weighted by molar-refractivity contribution is 7.89. The minimum atomic E-state index is -3.46. The first-order valence-electron chi connectivity index (χ1n) is 12.3. The summed E-state index contributed by atoms with van der Waals surface area (Å²) in [6.45, 7) is 11.0. The highest BCUT2D eigenvalue weighted by atomic mass is 32.2. The summed E-state index contributed by atoms with van der Waals surface area (Å²) in [7, 11) is -6.83. The number of unbranched alkanes of at least 4 members (excludes halogenated alkanes) is 3. The first-order chi connectivity index (χ1) is 14.9. The minimum Gasteiger partial charge on any atom is -0.376 e. The Morgan fingerprint density at radius 2 is 1.19 bits per heavy atom. The maximum Gasteiger partial charge on any atom is 0.209 e. The molecule has 0 spiro atoms. The molecule has 0 aliphatic heterocycles. The zero-order chi connectivity index (χ0) is 24.7. The molecule has 0 amide bonds. The number of nitrogens with two attached hydrogens (primary N) is 2. The second-order valence-electron chi connectivity index (χ2n) is 9.43. The molecule has 0 rings (SSSR count). The summed E-state index contributed by atoms with van der Waals surface area (Å²) in [6, 6.07) is 0. The Kier molecular flexibility index (Phi) is 15.5. The highest BCUT2D eigenvalue weighted by Gasteiger charge is 2.30. The summed E-state index contributed by atoms with van der Waals surface area (Å²) < 4.78 is 51.0. The molecular formula is C23H49N2O5S2. The van der Waals surface area contributed by atoms with Crippen LogP contribution in [0.2, 0.25) is 0 Å². The number of sulfonamides is 2. The molecule has 0 aliphatic rings. The van der Waals surface area contributed by atoms with Gasteiger partial charge in [-0.25, -0.2) is 27.1 Å². The SMILES string of the molecule is CCC(CC)(CCC[CH]OCCCCC(CC)(CC)CS(N)(=O)=O)CCCCS(N)(=O)=O. The van der Waals surface area contributed by atoms with Gasteiger partial charge in [0.2, 0.25) is 20.0 Å². The molecule has 0 aliphatic carbocycles. The third-order valence-electron chi connectivity index (χ3n) is 7.26. The zero-order valence-electron chi connectivity index (χ0n) is 20.9. The molecule has 0 saturated carbocycles. The van der Waals surface area contributed by atoms with Crippen molar-refractivity contribution in [3.63, 3.8) is 0 Å². The van der Waals surface area contributed by atoms with E-state index >= 15 is 0 Å². The second-order valence-corrected chi connectivity index (χ2v) is 12.8. The van der Waals surface area contributed by atoms with Gasteiger partial charge in [0.1, 0.15) is 0 Å². The van der Waals surface area contributed by atoms with Crippen molar-refractivity contribution in [2.24, 2.45) is 21.1 Å². The van der Waals surface area contributed by atoms with Crippen LogP contribution in [0, 0.1) is 17.4 Å². The lowest BCUT2D eigenvalue weighted by atomic mass is 9.74. The lowest BCUT2D eigenvalue weighted by Crippen LogP contribution is -2.33. The van der Waals surface area contributed by atoms with E-state index in [1.54, 1.807) is 0 Å². The number of hydrogen-bond acceptors (Lipinski definition) is 5. The van der Waals surface area contributed by atoms with E-state index in [4.69, 9.17) is 15.0 Å². The van der Waals surface area contributed by atoms with Crippen LogP contribution >= 0.6 is 0 Å². The van der Waals surface area contributed by atoms with E-state index in [1.807, 2.05) is 20.5 Å². The largest absolute Gasteiger partial charge is 0.376 e. The van der Waals surface area contributed by atoms with E-state index in [-0.39, 0.29) is 22.3 Å². The smallest absolute Gasteiger partial charge is 0.209 e. The van der Waals surface area contributed by atoms with Gasteiger partial charge >= 0.3 is 0 Å². The third kappa shape index (κ3) is 14.8. The second kappa shape index (κ2) is 15.6. The third-order valence-corrected chi connectivity index (χ3v) is 9.13. The number of hydrogen-bond donors (Lipinski definition) is 2. The average molecular weight is 498 g/mol. The Hall–Kier alpha value is -0.220. The number of primary sulfonamides is 2. The normalized spacial score (nSPS) is 13.6. The van der Waals surface area contributed by atoms with Gasteiger partial charge in [0, 0.05) is 6.61 Å². The van der Waals surface area contributed by atoms with E-state index in [2.05, 4.69) is 13.8 Å². The molecular weight excluding hydrogens is 448 g/mol. The monoisotopic (exact) mass is 497 g/mol. The van der Waals surface area contributed by atoms with Gasteiger partial charge in [-0.2, -0.15) is 0 Å². The van der Waals surface area contributed by atoms with Crippen molar-refractivity contribution < 1.29 is 21.6 Å². The molecule has 0 aromatic carbocycles. The van der Waals surface area contributed by atoms with Gasteiger partial charge < -0.3 is 4.74 Å². The van der Waals surface area contributed by atoms with Crippen molar-refractivity contribution in [2.75, 3.05) is 18.1 Å². The maximum atomic E-state index is 11.5. The molecule has 0 bridgehead atoms. The number of rotatable bonds is 21. The molecule has 9 heteroatoms. The Bertz CT molecular complexity index is 685. The lowest BCUT2D eigenvalue weighted by Gasteiger charge is -2.32. The molecule has 7 nitrogen and oxygen atoms in total. The van der Waals surface area contributed by atoms with Crippen molar-refractivity contribution in [1.29, 1.82) is 0 Å². The van der Waals surface area contributed by atoms with Gasteiger partial charge in [-0.05, 0) is 62.2 Å². The van der Waals surface area contributed by atoms with Gasteiger partial charge in [-0.15, -0.1) is 0 Å². The Morgan fingerprint density at radius 3 is 1.69 bits per heavy atom. The van der Waals surface area contributed by atoms with Gasteiger partial charge in [0.25, 0.3) is 0 Å². The summed E-state index contributed by atoms with van der Waals surface area (Å²) in [5.74, 6) is 0.121. The average Bonchev–Trinajstić information content (AvgIpc) is 2.71. The van der Waals surface area contributed by atoms with Crippen LogP contribution in [0.1, 0.15) is 111 Å². The van der Waals surface area contributed by atoms with E-state index < -0.39 is 20.0 Å². The Labute approximate surface area is 198 Å². The van der Waals surface area contributed by atoms with Crippen LogP contribution < -0.4 is 10.3 Å². The molecule has 0 fully saturated rings. The zero-order valence-corrected chi connectivity index (χ0v) is 22.5. The van der Waals surface area contributed by atoms with Crippen LogP contribution in [-0.4, -0.2) is 34.9 Å². The minimum absolute atomic E-state index is 0.0542. The predicted molar refractivity (Wildman–Crippen MR) is 134 cm³/mol. The molecule has 0 saturated heterocycles.